The predicted molar refractivity (Wildman–Crippen MR) is 65.7 cm³/mol. The lowest BCUT2D eigenvalue weighted by Crippen LogP contribution is -2.33. The molecule has 1 aliphatic rings. The van der Waals surface area contributed by atoms with Crippen molar-refractivity contribution in [3.63, 3.8) is 0 Å². The maximum absolute atomic E-state index is 11.8. The van der Waals surface area contributed by atoms with Gasteiger partial charge in [0.2, 0.25) is 0 Å². The van der Waals surface area contributed by atoms with Gasteiger partial charge in [0.1, 0.15) is 5.69 Å². The average Bonchev–Trinajstić information content (AvgIpc) is 2.46. The molecule has 1 aromatic rings. The number of carbonyl (C=O) groups is 1. The molecule has 1 saturated heterocycles. The molecule has 0 bridgehead atoms. The number of amides is 1. The zero-order valence-electron chi connectivity index (χ0n) is 10.1. The number of nitrogen functional groups attached to an aromatic ring is 1. The topological polar surface area (TPSA) is 102 Å². The Labute approximate surface area is 105 Å². The van der Waals surface area contributed by atoms with Gasteiger partial charge in [0.15, 0.2) is 5.82 Å². The van der Waals surface area contributed by atoms with Crippen LogP contribution in [0, 0.1) is 5.92 Å². The number of nitrogens with one attached hydrogen (secondary N) is 2. The van der Waals surface area contributed by atoms with Gasteiger partial charge in [-0.2, -0.15) is 0 Å². The molecule has 0 aromatic carbocycles. The van der Waals surface area contributed by atoms with Crippen LogP contribution in [0.5, 0.6) is 0 Å². The third-order valence-corrected chi connectivity index (χ3v) is 2.84. The fourth-order valence-electron chi connectivity index (χ4n) is 1.82. The Morgan fingerprint density at radius 3 is 3.00 bits per heavy atom. The third-order valence-electron chi connectivity index (χ3n) is 2.84. The Morgan fingerprint density at radius 1 is 1.50 bits per heavy atom. The Kier molecular flexibility index (Phi) is 4.43. The zero-order valence-corrected chi connectivity index (χ0v) is 10.1. The summed E-state index contributed by atoms with van der Waals surface area (Å²) >= 11 is 0. The van der Waals surface area contributed by atoms with E-state index >= 15 is 0 Å². The Bertz CT molecular complexity index is 389. The summed E-state index contributed by atoms with van der Waals surface area (Å²) in [6.07, 6.45) is 4.94. The van der Waals surface area contributed by atoms with Gasteiger partial charge in [-0.15, -0.1) is 0 Å². The number of hydrogen-bond donors (Lipinski definition) is 3. The van der Waals surface area contributed by atoms with E-state index in [1.807, 2.05) is 0 Å². The van der Waals surface area contributed by atoms with Crippen molar-refractivity contribution in [3.05, 3.63) is 18.1 Å². The number of aromatic nitrogens is 2. The van der Waals surface area contributed by atoms with Crippen molar-refractivity contribution in [1.82, 2.24) is 15.3 Å². The van der Waals surface area contributed by atoms with E-state index < -0.39 is 0 Å². The molecule has 2 heterocycles. The van der Waals surface area contributed by atoms with Crippen molar-refractivity contribution in [2.75, 3.05) is 25.2 Å². The van der Waals surface area contributed by atoms with Crippen molar-refractivity contribution in [1.29, 1.82) is 0 Å². The first-order valence-electron chi connectivity index (χ1n) is 5.94. The van der Waals surface area contributed by atoms with Crippen LogP contribution in [0.4, 0.5) is 5.82 Å². The lowest BCUT2D eigenvalue weighted by atomic mass is 10.0. The predicted octanol–water partition coefficient (Wildman–Crippen LogP) is -0.0814. The van der Waals surface area contributed by atoms with Gasteiger partial charge >= 0.3 is 0 Å². The second-order valence-electron chi connectivity index (χ2n) is 4.22. The van der Waals surface area contributed by atoms with E-state index in [1.165, 1.54) is 12.4 Å². The van der Waals surface area contributed by atoms with Gasteiger partial charge in [0.05, 0.1) is 19.0 Å². The summed E-state index contributed by atoms with van der Waals surface area (Å²) in [5, 5.41) is 2.83. The number of hydrazine groups is 1. The van der Waals surface area contributed by atoms with Gasteiger partial charge in [-0.25, -0.2) is 15.8 Å². The van der Waals surface area contributed by atoms with E-state index in [0.29, 0.717) is 24.9 Å². The first-order valence-corrected chi connectivity index (χ1v) is 5.94. The van der Waals surface area contributed by atoms with Crippen LogP contribution in [0.25, 0.3) is 0 Å². The van der Waals surface area contributed by atoms with Crippen LogP contribution in [-0.2, 0) is 4.74 Å². The van der Waals surface area contributed by atoms with Gasteiger partial charge in [0, 0.05) is 13.2 Å². The average molecular weight is 251 g/mol. The summed E-state index contributed by atoms with van der Waals surface area (Å²) in [5.74, 6) is 5.75. The number of anilines is 1. The Balaban J connectivity index is 1.82. The quantitative estimate of drug-likeness (QED) is 0.511. The van der Waals surface area contributed by atoms with Crippen LogP contribution in [0.1, 0.15) is 23.3 Å². The Hall–Kier alpha value is -1.73. The van der Waals surface area contributed by atoms with E-state index in [0.717, 1.165) is 19.4 Å². The molecular weight excluding hydrogens is 234 g/mol. The summed E-state index contributed by atoms with van der Waals surface area (Å²) in [5.41, 5.74) is 2.64. The molecule has 1 unspecified atom stereocenters. The molecule has 1 aromatic heterocycles. The molecule has 0 spiro atoms. The van der Waals surface area contributed by atoms with Crippen molar-refractivity contribution >= 4 is 11.7 Å². The van der Waals surface area contributed by atoms with Crippen molar-refractivity contribution in [3.8, 4) is 0 Å². The van der Waals surface area contributed by atoms with Gasteiger partial charge in [-0.05, 0) is 18.8 Å². The minimum atomic E-state index is -0.225. The number of carbonyl (C=O) groups excluding carboxylic acids is 1. The van der Waals surface area contributed by atoms with Crippen LogP contribution < -0.4 is 16.6 Å². The third kappa shape index (κ3) is 3.38. The largest absolute Gasteiger partial charge is 0.381 e. The number of rotatable bonds is 4. The molecule has 0 aliphatic carbocycles. The molecule has 7 nitrogen and oxygen atoms in total. The van der Waals surface area contributed by atoms with Gasteiger partial charge in [0.25, 0.3) is 5.91 Å². The molecule has 0 saturated carbocycles. The molecule has 1 aliphatic heterocycles. The number of hydrogen-bond acceptors (Lipinski definition) is 6. The number of nitrogens with zero attached hydrogens (tertiary/aromatic N) is 2. The summed E-state index contributed by atoms with van der Waals surface area (Å²) in [7, 11) is 0. The van der Waals surface area contributed by atoms with Gasteiger partial charge < -0.3 is 15.5 Å². The molecule has 98 valence electrons. The molecule has 0 radical (unpaired) electrons. The van der Waals surface area contributed by atoms with Gasteiger partial charge in [-0.3, -0.25) is 4.79 Å². The zero-order chi connectivity index (χ0) is 12.8. The van der Waals surface area contributed by atoms with Crippen LogP contribution in [0.15, 0.2) is 12.4 Å². The summed E-state index contributed by atoms with van der Waals surface area (Å²) in [6, 6.07) is 0. The second kappa shape index (κ2) is 6.27. The summed E-state index contributed by atoms with van der Waals surface area (Å²) in [4.78, 5) is 19.7. The Morgan fingerprint density at radius 2 is 2.39 bits per heavy atom. The maximum atomic E-state index is 11.8. The van der Waals surface area contributed by atoms with Crippen molar-refractivity contribution in [2.24, 2.45) is 11.8 Å². The minimum Gasteiger partial charge on any atom is -0.381 e. The van der Waals surface area contributed by atoms with E-state index in [9.17, 15) is 4.79 Å². The van der Waals surface area contributed by atoms with E-state index in [1.54, 1.807) is 0 Å². The monoisotopic (exact) mass is 251 g/mol. The molecule has 1 fully saturated rings. The molecule has 1 atom stereocenters. The highest BCUT2D eigenvalue weighted by Gasteiger charge is 2.15. The van der Waals surface area contributed by atoms with E-state index in [4.69, 9.17) is 10.6 Å². The minimum absolute atomic E-state index is 0.225. The highest BCUT2D eigenvalue weighted by molar-refractivity contribution is 5.91. The molecule has 2 rings (SSSR count). The van der Waals surface area contributed by atoms with Crippen molar-refractivity contribution in [2.45, 2.75) is 12.8 Å². The van der Waals surface area contributed by atoms with Crippen LogP contribution in [-0.4, -0.2) is 35.6 Å². The standard InChI is InChI=1S/C11H17N5O2/c12-16-10-6-13-9(5-14-10)11(17)15-4-8-2-1-3-18-7-8/h5-6,8H,1-4,7,12H2,(H,14,16)(H,15,17). The lowest BCUT2D eigenvalue weighted by Gasteiger charge is -2.22. The van der Waals surface area contributed by atoms with E-state index in [2.05, 4.69) is 20.7 Å². The molecule has 18 heavy (non-hydrogen) atoms. The first-order chi connectivity index (χ1) is 8.79. The second-order valence-corrected chi connectivity index (χ2v) is 4.22. The first kappa shape index (κ1) is 12.7. The van der Waals surface area contributed by atoms with Crippen LogP contribution in [0.3, 0.4) is 0 Å². The van der Waals surface area contributed by atoms with Crippen LogP contribution >= 0.6 is 0 Å². The highest BCUT2D eigenvalue weighted by atomic mass is 16.5. The van der Waals surface area contributed by atoms with Gasteiger partial charge in [-0.1, -0.05) is 0 Å². The fourth-order valence-corrected chi connectivity index (χ4v) is 1.82. The normalized spacial score (nSPS) is 19.3. The number of nitrogens with two attached hydrogens (primary N) is 1. The smallest absolute Gasteiger partial charge is 0.271 e. The van der Waals surface area contributed by atoms with Crippen molar-refractivity contribution < 1.29 is 9.53 Å². The highest BCUT2D eigenvalue weighted by Crippen LogP contribution is 2.12. The van der Waals surface area contributed by atoms with Crippen LogP contribution in [0.2, 0.25) is 0 Å². The molecule has 4 N–H and O–H groups in total. The lowest BCUT2D eigenvalue weighted by molar-refractivity contribution is 0.0535. The number of ether oxygens (including phenoxy) is 1. The maximum Gasteiger partial charge on any atom is 0.271 e. The molecular formula is C11H17N5O2. The summed E-state index contributed by atoms with van der Waals surface area (Å²) in [6.45, 7) is 2.14. The summed E-state index contributed by atoms with van der Waals surface area (Å²) < 4.78 is 5.35. The van der Waals surface area contributed by atoms with E-state index in [-0.39, 0.29) is 11.6 Å². The molecule has 1 amide bonds. The fraction of sp³-hybridized carbons (Fsp3) is 0.545. The molecule has 7 heteroatoms. The SMILES string of the molecule is NNc1cnc(C(=O)NCC2CCCOC2)cn1.